The van der Waals surface area contributed by atoms with Gasteiger partial charge >= 0.3 is 0 Å². The molecule has 3 rings (SSSR count). The molecule has 1 aliphatic heterocycles. The molecule has 7 nitrogen and oxygen atoms in total. The van der Waals surface area contributed by atoms with Crippen LogP contribution in [0.25, 0.3) is 0 Å². The molecule has 1 aromatic rings. The van der Waals surface area contributed by atoms with Gasteiger partial charge in [-0.05, 0) is 49.9 Å². The van der Waals surface area contributed by atoms with E-state index >= 15 is 0 Å². The molecule has 8 heteroatoms. The lowest BCUT2D eigenvalue weighted by Gasteiger charge is -2.29. The van der Waals surface area contributed by atoms with Crippen LogP contribution in [-0.2, 0) is 14.8 Å². The molecule has 1 aliphatic carbocycles. The van der Waals surface area contributed by atoms with Gasteiger partial charge in [-0.1, -0.05) is 6.42 Å². The van der Waals surface area contributed by atoms with E-state index in [-0.39, 0.29) is 11.5 Å². The number of morpholine rings is 1. The zero-order valence-corrected chi connectivity index (χ0v) is 17.5. The third-order valence-corrected chi connectivity index (χ3v) is 7.65. The molecule has 158 valence electrons. The summed E-state index contributed by atoms with van der Waals surface area (Å²) in [6.07, 6.45) is 5.82. The third kappa shape index (κ3) is 5.67. The number of nitrogens with one attached hydrogen (secondary N) is 1. The molecular weight excluding hydrogens is 380 g/mol. The van der Waals surface area contributed by atoms with Crippen molar-refractivity contribution in [2.45, 2.75) is 49.1 Å². The number of hydrogen-bond acceptors (Lipinski definition) is 5. The van der Waals surface area contributed by atoms with Crippen LogP contribution in [0.3, 0.4) is 0 Å². The minimum absolute atomic E-state index is 0.208. The average molecular weight is 414 g/mol. The molecule has 1 saturated carbocycles. The lowest BCUT2D eigenvalue weighted by atomic mass is 9.94. The highest BCUT2D eigenvalue weighted by Crippen LogP contribution is 2.20. The van der Waals surface area contributed by atoms with E-state index in [0.29, 0.717) is 44.6 Å². The Hall–Kier alpha value is -1.19. The Kier molecular flexibility index (Phi) is 7.70. The number of aliphatic hydroxyl groups excluding tert-OH is 1. The zero-order valence-electron chi connectivity index (χ0n) is 16.7. The van der Waals surface area contributed by atoms with Crippen molar-refractivity contribution in [1.82, 2.24) is 4.31 Å². The predicted molar refractivity (Wildman–Crippen MR) is 106 cm³/mol. The summed E-state index contributed by atoms with van der Waals surface area (Å²) in [6.45, 7) is 2.48. The van der Waals surface area contributed by atoms with E-state index < -0.39 is 16.1 Å². The van der Waals surface area contributed by atoms with E-state index in [1.54, 1.807) is 24.3 Å². The largest absolute Gasteiger partial charge is 0.491 e. The number of likely N-dealkylation sites (N-methyl/N-ethyl adjacent to an activating group) is 1. The summed E-state index contributed by atoms with van der Waals surface area (Å²) >= 11 is 0. The number of sulfonamides is 1. The highest BCUT2D eigenvalue weighted by molar-refractivity contribution is 7.89. The fraction of sp³-hybridized carbons (Fsp3) is 0.700. The Morgan fingerprint density at radius 1 is 1.18 bits per heavy atom. The Bertz CT molecular complexity index is 698. The van der Waals surface area contributed by atoms with E-state index in [0.717, 1.165) is 0 Å². The molecule has 1 aromatic carbocycles. The maximum Gasteiger partial charge on any atom is 0.243 e. The number of hydrogen-bond donors (Lipinski definition) is 2. The number of nitrogens with zero attached hydrogens (tertiary/aromatic N) is 1. The maximum atomic E-state index is 12.6. The summed E-state index contributed by atoms with van der Waals surface area (Å²) in [5.74, 6) is 0.565. The summed E-state index contributed by atoms with van der Waals surface area (Å²) < 4.78 is 37.6. The van der Waals surface area contributed by atoms with Crippen molar-refractivity contribution in [2.75, 3.05) is 46.5 Å². The van der Waals surface area contributed by atoms with Crippen molar-refractivity contribution in [3.63, 3.8) is 0 Å². The van der Waals surface area contributed by atoms with Crippen LogP contribution < -0.4 is 9.64 Å². The molecule has 2 aliphatic rings. The fourth-order valence-electron chi connectivity index (χ4n) is 4.03. The molecular formula is C20H33N2O5S+. The van der Waals surface area contributed by atoms with E-state index in [4.69, 9.17) is 9.47 Å². The topological polar surface area (TPSA) is 80.5 Å². The number of ether oxygens (including phenoxy) is 2. The summed E-state index contributed by atoms with van der Waals surface area (Å²) in [5.41, 5.74) is 0. The van der Waals surface area contributed by atoms with E-state index in [1.807, 2.05) is 0 Å². The highest BCUT2D eigenvalue weighted by atomic mass is 32.2. The normalized spacial score (nSPS) is 21.9. The van der Waals surface area contributed by atoms with Crippen LogP contribution in [0.15, 0.2) is 29.2 Å². The monoisotopic (exact) mass is 413 g/mol. The van der Waals surface area contributed by atoms with Gasteiger partial charge in [0.15, 0.2) is 0 Å². The predicted octanol–water partition coefficient (Wildman–Crippen LogP) is 0.295. The van der Waals surface area contributed by atoms with Crippen LogP contribution >= 0.6 is 0 Å². The van der Waals surface area contributed by atoms with Gasteiger partial charge in [0.05, 0.1) is 31.2 Å². The van der Waals surface area contributed by atoms with Gasteiger partial charge in [-0.25, -0.2) is 8.42 Å². The molecule has 1 unspecified atom stereocenters. The van der Waals surface area contributed by atoms with E-state index in [2.05, 4.69) is 7.05 Å². The lowest BCUT2D eigenvalue weighted by molar-refractivity contribution is -0.910. The first-order valence-electron chi connectivity index (χ1n) is 10.3. The molecule has 28 heavy (non-hydrogen) atoms. The first kappa shape index (κ1) is 21.5. The lowest BCUT2D eigenvalue weighted by Crippen LogP contribution is -3.14. The van der Waals surface area contributed by atoms with E-state index in [1.165, 1.54) is 41.3 Å². The Morgan fingerprint density at radius 2 is 1.82 bits per heavy atom. The van der Waals surface area contributed by atoms with Gasteiger partial charge in [0.25, 0.3) is 0 Å². The van der Waals surface area contributed by atoms with Crippen LogP contribution in [0, 0.1) is 0 Å². The molecule has 0 spiro atoms. The Morgan fingerprint density at radius 3 is 2.46 bits per heavy atom. The maximum absolute atomic E-state index is 12.6. The molecule has 0 bridgehead atoms. The average Bonchev–Trinajstić information content (AvgIpc) is 2.74. The van der Waals surface area contributed by atoms with Crippen molar-refractivity contribution in [3.05, 3.63) is 24.3 Å². The highest BCUT2D eigenvalue weighted by Gasteiger charge is 2.26. The van der Waals surface area contributed by atoms with Crippen molar-refractivity contribution in [2.24, 2.45) is 0 Å². The van der Waals surface area contributed by atoms with Gasteiger partial charge in [0.2, 0.25) is 10.0 Å². The quantitative estimate of drug-likeness (QED) is 0.641. The summed E-state index contributed by atoms with van der Waals surface area (Å²) in [7, 11) is -1.35. The first-order chi connectivity index (χ1) is 13.5. The van der Waals surface area contributed by atoms with Gasteiger partial charge < -0.3 is 19.5 Å². The van der Waals surface area contributed by atoms with Crippen molar-refractivity contribution >= 4 is 10.0 Å². The second kappa shape index (κ2) is 10.0. The fourth-order valence-corrected chi connectivity index (χ4v) is 5.44. The van der Waals surface area contributed by atoms with Crippen molar-refractivity contribution < 1.29 is 27.9 Å². The van der Waals surface area contributed by atoms with Gasteiger partial charge in [-0.15, -0.1) is 0 Å². The Balaban J connectivity index is 1.48. The summed E-state index contributed by atoms with van der Waals surface area (Å²) in [4.78, 5) is 1.62. The molecule has 0 radical (unpaired) electrons. The van der Waals surface area contributed by atoms with E-state index in [9.17, 15) is 13.5 Å². The second-order valence-corrected chi connectivity index (χ2v) is 9.78. The molecule has 1 heterocycles. The second-order valence-electron chi connectivity index (χ2n) is 7.84. The molecule has 1 saturated heterocycles. The number of aliphatic hydroxyl groups is 1. The molecule has 2 atom stereocenters. The molecule has 2 fully saturated rings. The number of quaternary nitrogens is 1. The van der Waals surface area contributed by atoms with Crippen LogP contribution in [-0.4, -0.2) is 76.5 Å². The number of rotatable bonds is 8. The molecule has 0 aromatic heterocycles. The van der Waals surface area contributed by atoms with Gasteiger partial charge in [0, 0.05) is 13.1 Å². The number of benzene rings is 1. The first-order valence-corrected chi connectivity index (χ1v) is 11.7. The van der Waals surface area contributed by atoms with Gasteiger partial charge in [0.1, 0.15) is 25.0 Å². The van der Waals surface area contributed by atoms with Crippen LogP contribution in [0.1, 0.15) is 32.1 Å². The Labute approximate surface area is 168 Å². The minimum atomic E-state index is -3.49. The third-order valence-electron chi connectivity index (χ3n) is 5.73. The zero-order chi connectivity index (χ0) is 20.0. The SMILES string of the molecule is C[NH+](C[C@H](O)COc1ccc(S(=O)(=O)N2CCOCC2)cc1)C1CCCCC1. The van der Waals surface area contributed by atoms with Gasteiger partial charge in [-0.3, -0.25) is 0 Å². The van der Waals surface area contributed by atoms with Crippen molar-refractivity contribution in [1.29, 1.82) is 0 Å². The smallest absolute Gasteiger partial charge is 0.243 e. The summed E-state index contributed by atoms with van der Waals surface area (Å²) in [5, 5.41) is 10.3. The molecule has 2 N–H and O–H groups in total. The van der Waals surface area contributed by atoms with Gasteiger partial charge in [-0.2, -0.15) is 4.31 Å². The molecule has 0 amide bonds. The van der Waals surface area contributed by atoms with Crippen LogP contribution in [0.2, 0.25) is 0 Å². The van der Waals surface area contributed by atoms with Crippen LogP contribution in [0.5, 0.6) is 5.75 Å². The minimum Gasteiger partial charge on any atom is -0.491 e. The van der Waals surface area contributed by atoms with Crippen molar-refractivity contribution in [3.8, 4) is 5.75 Å². The van der Waals surface area contributed by atoms with Crippen LogP contribution in [0.4, 0.5) is 0 Å². The summed E-state index contributed by atoms with van der Waals surface area (Å²) in [6, 6.07) is 7.06. The standard InChI is InChI=1S/C20H32N2O5S/c1-21(17-5-3-2-4-6-17)15-18(23)16-27-19-7-9-20(10-8-19)28(24,25)22-11-13-26-14-12-22/h7-10,17-18,23H,2-6,11-16H2,1H3/p+1/t18-/m0/s1.